The Morgan fingerprint density at radius 1 is 1.38 bits per heavy atom. The maximum atomic E-state index is 5.61. The fraction of sp³-hybridized carbons (Fsp3) is 0.538. The van der Waals surface area contributed by atoms with Crippen molar-refractivity contribution < 1.29 is 4.74 Å². The summed E-state index contributed by atoms with van der Waals surface area (Å²) in [6.45, 7) is 8.13. The molecule has 0 aliphatic carbocycles. The Hall–Kier alpha value is -0.540. The third kappa shape index (κ3) is 3.80. The summed E-state index contributed by atoms with van der Waals surface area (Å²) in [5.41, 5.74) is 1.28. The monoisotopic (exact) mass is 285 g/mol. The van der Waals surface area contributed by atoms with Crippen molar-refractivity contribution in [3.8, 4) is 5.75 Å². The van der Waals surface area contributed by atoms with Crippen LogP contribution in [0, 0.1) is 0 Å². The van der Waals surface area contributed by atoms with Crippen molar-refractivity contribution in [1.29, 1.82) is 0 Å². The molecule has 0 bridgehead atoms. The van der Waals surface area contributed by atoms with E-state index in [9.17, 15) is 0 Å². The Bertz CT molecular complexity index is 328. The molecule has 0 aromatic heterocycles. The highest BCUT2D eigenvalue weighted by atomic mass is 79.9. The van der Waals surface area contributed by atoms with E-state index in [1.165, 1.54) is 5.56 Å². The molecule has 2 nitrogen and oxygen atoms in total. The first-order valence-electron chi connectivity index (χ1n) is 5.84. The highest BCUT2D eigenvalue weighted by molar-refractivity contribution is 9.10. The lowest BCUT2D eigenvalue weighted by atomic mass is 10.1. The van der Waals surface area contributed by atoms with Gasteiger partial charge in [0.15, 0.2) is 0 Å². The van der Waals surface area contributed by atoms with Crippen LogP contribution in [0.15, 0.2) is 22.7 Å². The average molecular weight is 286 g/mol. The fourth-order valence-corrected chi connectivity index (χ4v) is 2.05. The molecule has 1 aromatic rings. The van der Waals surface area contributed by atoms with Gasteiger partial charge in [0.1, 0.15) is 5.75 Å². The largest absolute Gasteiger partial charge is 0.492 e. The Morgan fingerprint density at radius 3 is 2.69 bits per heavy atom. The van der Waals surface area contributed by atoms with Gasteiger partial charge in [-0.25, -0.2) is 0 Å². The summed E-state index contributed by atoms with van der Waals surface area (Å²) in [6.07, 6.45) is 1.03. The van der Waals surface area contributed by atoms with Gasteiger partial charge in [0.25, 0.3) is 0 Å². The van der Waals surface area contributed by atoms with Gasteiger partial charge in [0.2, 0.25) is 0 Å². The zero-order valence-electron chi connectivity index (χ0n) is 10.2. The number of rotatable bonds is 6. The van der Waals surface area contributed by atoms with Gasteiger partial charge in [-0.3, -0.25) is 0 Å². The van der Waals surface area contributed by atoms with E-state index in [2.05, 4.69) is 54.2 Å². The summed E-state index contributed by atoms with van der Waals surface area (Å²) in [5, 5.41) is 3.39. The Balaban J connectivity index is 2.73. The van der Waals surface area contributed by atoms with Gasteiger partial charge in [0, 0.05) is 6.04 Å². The van der Waals surface area contributed by atoms with E-state index in [-0.39, 0.29) is 0 Å². The predicted octanol–water partition coefficient (Wildman–Crippen LogP) is 3.91. The van der Waals surface area contributed by atoms with E-state index in [1.54, 1.807) is 0 Å². The standard InChI is InChI=1S/C13H20BrNO/c1-4-8-16-13-7-6-11(9-12(13)14)10(3)15-5-2/h6-7,9-10,15H,4-5,8H2,1-3H3. The second kappa shape index (κ2) is 6.92. The molecule has 0 saturated heterocycles. The normalized spacial score (nSPS) is 12.5. The molecular formula is C13H20BrNO. The maximum Gasteiger partial charge on any atom is 0.133 e. The average Bonchev–Trinajstić information content (AvgIpc) is 2.27. The SMILES string of the molecule is CCCOc1ccc(C(C)NCC)cc1Br. The molecule has 0 aliphatic rings. The molecule has 1 N–H and O–H groups in total. The van der Waals surface area contributed by atoms with Gasteiger partial charge in [-0.1, -0.05) is 19.9 Å². The molecule has 0 amide bonds. The minimum Gasteiger partial charge on any atom is -0.492 e. The van der Waals surface area contributed by atoms with Crippen LogP contribution in [0.5, 0.6) is 5.75 Å². The van der Waals surface area contributed by atoms with E-state index in [0.29, 0.717) is 6.04 Å². The predicted molar refractivity (Wildman–Crippen MR) is 72.0 cm³/mol. The third-order valence-electron chi connectivity index (χ3n) is 2.43. The van der Waals surface area contributed by atoms with Gasteiger partial charge in [-0.2, -0.15) is 0 Å². The maximum absolute atomic E-state index is 5.61. The molecule has 1 rings (SSSR count). The molecule has 1 atom stereocenters. The van der Waals surface area contributed by atoms with Gasteiger partial charge >= 0.3 is 0 Å². The molecule has 3 heteroatoms. The second-order valence-electron chi connectivity index (χ2n) is 3.82. The van der Waals surface area contributed by atoms with Crippen molar-refractivity contribution in [2.45, 2.75) is 33.2 Å². The number of hydrogen-bond donors (Lipinski definition) is 1. The lowest BCUT2D eigenvalue weighted by Gasteiger charge is -2.14. The van der Waals surface area contributed by atoms with Crippen LogP contribution in [0.25, 0.3) is 0 Å². The highest BCUT2D eigenvalue weighted by Gasteiger charge is 2.07. The Labute approximate surface area is 107 Å². The van der Waals surface area contributed by atoms with Crippen LogP contribution in [-0.4, -0.2) is 13.2 Å². The molecular weight excluding hydrogens is 266 g/mol. The van der Waals surface area contributed by atoms with E-state index < -0.39 is 0 Å². The zero-order chi connectivity index (χ0) is 12.0. The van der Waals surface area contributed by atoms with Gasteiger partial charge in [-0.05, 0) is 53.5 Å². The van der Waals surface area contributed by atoms with E-state index in [0.717, 1.165) is 29.8 Å². The van der Waals surface area contributed by atoms with Gasteiger partial charge in [0.05, 0.1) is 11.1 Å². The molecule has 1 aromatic carbocycles. The molecule has 0 fully saturated rings. The first kappa shape index (κ1) is 13.5. The summed E-state index contributed by atoms with van der Waals surface area (Å²) >= 11 is 3.54. The van der Waals surface area contributed by atoms with E-state index in [1.807, 2.05) is 6.07 Å². The summed E-state index contributed by atoms with van der Waals surface area (Å²) in [4.78, 5) is 0. The molecule has 1 unspecified atom stereocenters. The topological polar surface area (TPSA) is 21.3 Å². The fourth-order valence-electron chi connectivity index (χ4n) is 1.54. The van der Waals surface area contributed by atoms with Crippen molar-refractivity contribution in [1.82, 2.24) is 5.32 Å². The number of hydrogen-bond acceptors (Lipinski definition) is 2. The number of halogens is 1. The summed E-state index contributed by atoms with van der Waals surface area (Å²) in [6, 6.07) is 6.64. The van der Waals surface area contributed by atoms with Crippen LogP contribution < -0.4 is 10.1 Å². The van der Waals surface area contributed by atoms with Crippen LogP contribution in [0.3, 0.4) is 0 Å². The minimum atomic E-state index is 0.376. The third-order valence-corrected chi connectivity index (χ3v) is 3.05. The lowest BCUT2D eigenvalue weighted by molar-refractivity contribution is 0.315. The minimum absolute atomic E-state index is 0.376. The molecule has 0 heterocycles. The highest BCUT2D eigenvalue weighted by Crippen LogP contribution is 2.28. The van der Waals surface area contributed by atoms with Crippen LogP contribution in [-0.2, 0) is 0 Å². The lowest BCUT2D eigenvalue weighted by Crippen LogP contribution is -2.17. The quantitative estimate of drug-likeness (QED) is 0.856. The molecule has 0 radical (unpaired) electrons. The summed E-state index contributed by atoms with van der Waals surface area (Å²) < 4.78 is 6.64. The molecule has 0 aliphatic heterocycles. The first-order valence-corrected chi connectivity index (χ1v) is 6.64. The summed E-state index contributed by atoms with van der Waals surface area (Å²) in [5.74, 6) is 0.925. The molecule has 90 valence electrons. The molecule has 0 spiro atoms. The van der Waals surface area contributed by atoms with Gasteiger partial charge in [-0.15, -0.1) is 0 Å². The Kier molecular flexibility index (Phi) is 5.85. The Morgan fingerprint density at radius 2 is 2.12 bits per heavy atom. The number of ether oxygens (including phenoxy) is 1. The summed E-state index contributed by atoms with van der Waals surface area (Å²) in [7, 11) is 0. The second-order valence-corrected chi connectivity index (χ2v) is 4.67. The molecule has 16 heavy (non-hydrogen) atoms. The molecule has 0 saturated carbocycles. The number of benzene rings is 1. The van der Waals surface area contributed by atoms with E-state index in [4.69, 9.17) is 4.74 Å². The van der Waals surface area contributed by atoms with Crippen LogP contribution in [0.2, 0.25) is 0 Å². The van der Waals surface area contributed by atoms with Crippen molar-refractivity contribution in [2.24, 2.45) is 0 Å². The van der Waals surface area contributed by atoms with Crippen molar-refractivity contribution in [3.63, 3.8) is 0 Å². The number of nitrogens with one attached hydrogen (secondary N) is 1. The van der Waals surface area contributed by atoms with Crippen LogP contribution in [0.1, 0.15) is 38.8 Å². The van der Waals surface area contributed by atoms with Crippen LogP contribution in [0.4, 0.5) is 0 Å². The zero-order valence-corrected chi connectivity index (χ0v) is 11.8. The van der Waals surface area contributed by atoms with Crippen molar-refractivity contribution in [2.75, 3.05) is 13.2 Å². The van der Waals surface area contributed by atoms with Crippen molar-refractivity contribution >= 4 is 15.9 Å². The van der Waals surface area contributed by atoms with E-state index >= 15 is 0 Å². The van der Waals surface area contributed by atoms with Crippen molar-refractivity contribution in [3.05, 3.63) is 28.2 Å². The van der Waals surface area contributed by atoms with Gasteiger partial charge < -0.3 is 10.1 Å². The smallest absolute Gasteiger partial charge is 0.133 e. The van der Waals surface area contributed by atoms with Crippen LogP contribution >= 0.6 is 15.9 Å². The first-order chi connectivity index (χ1) is 7.69.